The molecular weight excluding hydrogens is 244 g/mol. The van der Waals surface area contributed by atoms with Crippen LogP contribution in [0.1, 0.15) is 23.7 Å². The molecule has 1 unspecified atom stereocenters. The Labute approximate surface area is 112 Å². The van der Waals surface area contributed by atoms with Crippen molar-refractivity contribution in [3.63, 3.8) is 0 Å². The molecule has 4 heteroatoms. The highest BCUT2D eigenvalue weighted by Crippen LogP contribution is 2.28. The van der Waals surface area contributed by atoms with Gasteiger partial charge in [-0.15, -0.1) is 11.8 Å². The number of rotatable bonds is 5. The second-order valence-corrected chi connectivity index (χ2v) is 5.17. The molecule has 0 aliphatic rings. The molecule has 0 saturated heterocycles. The van der Waals surface area contributed by atoms with Gasteiger partial charge in [0.15, 0.2) is 0 Å². The normalized spacial score (nSPS) is 12.6. The monoisotopic (exact) mass is 262 g/mol. The van der Waals surface area contributed by atoms with Crippen LogP contribution >= 0.6 is 11.8 Å². The van der Waals surface area contributed by atoms with Gasteiger partial charge in [0.1, 0.15) is 0 Å². The fourth-order valence-corrected chi connectivity index (χ4v) is 2.66. The summed E-state index contributed by atoms with van der Waals surface area (Å²) in [4.78, 5) is 1.15. The molecule has 1 aromatic carbocycles. The van der Waals surface area contributed by atoms with E-state index in [1.807, 2.05) is 50.0 Å². The molecule has 2 rings (SSSR count). The third-order valence-corrected chi connectivity index (χ3v) is 3.77. The number of aliphatic hydroxyl groups excluding tert-OH is 1. The lowest BCUT2D eigenvalue weighted by molar-refractivity contribution is 0.165. The number of hydrogen-bond acceptors (Lipinski definition) is 3. The lowest BCUT2D eigenvalue weighted by Crippen LogP contribution is -2.01. The average molecular weight is 262 g/mol. The summed E-state index contributed by atoms with van der Waals surface area (Å²) in [7, 11) is 1.91. The van der Waals surface area contributed by atoms with E-state index in [-0.39, 0.29) is 0 Å². The Bertz CT molecular complexity index is 510. The molecule has 0 aliphatic carbocycles. The summed E-state index contributed by atoms with van der Waals surface area (Å²) < 4.78 is 1.79. The molecule has 0 spiro atoms. The van der Waals surface area contributed by atoms with E-state index in [1.54, 1.807) is 16.4 Å². The highest BCUT2D eigenvalue weighted by Gasteiger charge is 2.11. The molecule has 0 amide bonds. The minimum absolute atomic E-state index is 0.408. The third-order valence-electron chi connectivity index (χ3n) is 2.96. The first-order chi connectivity index (χ1) is 8.70. The van der Waals surface area contributed by atoms with Crippen LogP contribution in [-0.2, 0) is 13.5 Å². The topological polar surface area (TPSA) is 38.1 Å². The minimum atomic E-state index is -0.408. The molecular formula is C14H18N2OS. The number of thioether (sulfide) groups is 1. The predicted octanol–water partition coefficient (Wildman–Crippen LogP) is 2.81. The van der Waals surface area contributed by atoms with Gasteiger partial charge in [-0.3, -0.25) is 4.68 Å². The van der Waals surface area contributed by atoms with E-state index < -0.39 is 6.10 Å². The second-order valence-electron chi connectivity index (χ2n) is 4.32. The quantitative estimate of drug-likeness (QED) is 0.842. The smallest absolute Gasteiger partial charge is 0.0804 e. The summed E-state index contributed by atoms with van der Waals surface area (Å²) in [5.41, 5.74) is 2.19. The maximum atomic E-state index is 10.3. The number of hydrogen-bond donors (Lipinski definition) is 1. The number of aliphatic hydroxyl groups is 1. The Balaban J connectivity index is 2.01. The van der Waals surface area contributed by atoms with Crippen LogP contribution in [0.3, 0.4) is 0 Å². The van der Waals surface area contributed by atoms with E-state index in [0.717, 1.165) is 28.9 Å². The summed E-state index contributed by atoms with van der Waals surface area (Å²) in [6, 6.07) is 8.03. The molecule has 0 radical (unpaired) electrons. The van der Waals surface area contributed by atoms with Gasteiger partial charge in [-0.2, -0.15) is 5.10 Å². The second kappa shape index (κ2) is 6.07. The average Bonchev–Trinajstić information content (AvgIpc) is 2.81. The SMILES string of the molecule is CSc1ccccc1C(O)CCc1cnn(C)c1. The van der Waals surface area contributed by atoms with Gasteiger partial charge in [-0.1, -0.05) is 18.2 Å². The first kappa shape index (κ1) is 13.2. The molecule has 3 nitrogen and oxygen atoms in total. The van der Waals surface area contributed by atoms with Crippen LogP contribution in [0.15, 0.2) is 41.6 Å². The number of aromatic nitrogens is 2. The zero-order chi connectivity index (χ0) is 13.0. The van der Waals surface area contributed by atoms with Gasteiger partial charge in [-0.25, -0.2) is 0 Å². The van der Waals surface area contributed by atoms with Gasteiger partial charge in [0.25, 0.3) is 0 Å². The van der Waals surface area contributed by atoms with Crippen molar-refractivity contribution in [3.05, 3.63) is 47.8 Å². The van der Waals surface area contributed by atoms with E-state index in [2.05, 4.69) is 5.10 Å². The first-order valence-electron chi connectivity index (χ1n) is 5.99. The van der Waals surface area contributed by atoms with Crippen LogP contribution in [0.4, 0.5) is 0 Å². The Kier molecular flexibility index (Phi) is 4.44. The van der Waals surface area contributed by atoms with Crippen LogP contribution in [0, 0.1) is 0 Å². The predicted molar refractivity (Wildman–Crippen MR) is 74.7 cm³/mol. The van der Waals surface area contributed by atoms with Crippen LogP contribution < -0.4 is 0 Å². The van der Waals surface area contributed by atoms with Crippen molar-refractivity contribution in [3.8, 4) is 0 Å². The van der Waals surface area contributed by atoms with Gasteiger partial charge in [0, 0.05) is 18.1 Å². The van der Waals surface area contributed by atoms with Crippen molar-refractivity contribution in [2.45, 2.75) is 23.8 Å². The minimum Gasteiger partial charge on any atom is -0.388 e. The number of benzene rings is 1. The van der Waals surface area contributed by atoms with Gasteiger partial charge in [-0.05, 0) is 36.3 Å². The van der Waals surface area contributed by atoms with Crippen molar-refractivity contribution in [2.24, 2.45) is 7.05 Å². The Hall–Kier alpha value is -1.26. The van der Waals surface area contributed by atoms with Crippen LogP contribution in [0.5, 0.6) is 0 Å². The zero-order valence-electron chi connectivity index (χ0n) is 10.7. The molecule has 1 N–H and O–H groups in total. The summed E-state index contributed by atoms with van der Waals surface area (Å²) in [6.07, 6.45) is 7.04. The highest BCUT2D eigenvalue weighted by molar-refractivity contribution is 7.98. The lowest BCUT2D eigenvalue weighted by atomic mass is 10.0. The maximum absolute atomic E-state index is 10.3. The Morgan fingerprint density at radius 3 is 2.83 bits per heavy atom. The van der Waals surface area contributed by atoms with Gasteiger partial charge in [0.05, 0.1) is 12.3 Å². The molecule has 0 fully saturated rings. The first-order valence-corrected chi connectivity index (χ1v) is 7.21. The largest absolute Gasteiger partial charge is 0.388 e. The summed E-state index contributed by atoms with van der Waals surface area (Å²) in [5, 5.41) is 14.4. The molecule has 0 aliphatic heterocycles. The number of aryl methyl sites for hydroxylation is 2. The molecule has 1 aromatic heterocycles. The van der Waals surface area contributed by atoms with E-state index in [9.17, 15) is 5.11 Å². The van der Waals surface area contributed by atoms with E-state index in [1.165, 1.54) is 0 Å². The van der Waals surface area contributed by atoms with E-state index in [0.29, 0.717) is 0 Å². The Morgan fingerprint density at radius 1 is 1.39 bits per heavy atom. The molecule has 0 bridgehead atoms. The highest BCUT2D eigenvalue weighted by atomic mass is 32.2. The summed E-state index contributed by atoms with van der Waals surface area (Å²) >= 11 is 1.67. The molecule has 18 heavy (non-hydrogen) atoms. The van der Waals surface area contributed by atoms with E-state index >= 15 is 0 Å². The molecule has 0 saturated carbocycles. The lowest BCUT2D eigenvalue weighted by Gasteiger charge is -2.13. The van der Waals surface area contributed by atoms with Crippen molar-refractivity contribution >= 4 is 11.8 Å². The zero-order valence-corrected chi connectivity index (χ0v) is 11.5. The molecule has 2 aromatic rings. The fraction of sp³-hybridized carbons (Fsp3) is 0.357. The maximum Gasteiger partial charge on any atom is 0.0804 e. The standard InChI is InChI=1S/C14H18N2OS/c1-16-10-11(9-15-16)7-8-13(17)12-5-3-4-6-14(12)18-2/h3-6,9-10,13,17H,7-8H2,1-2H3. The van der Waals surface area contributed by atoms with Crippen molar-refractivity contribution in [1.29, 1.82) is 0 Å². The van der Waals surface area contributed by atoms with Crippen LogP contribution in [-0.4, -0.2) is 21.1 Å². The third kappa shape index (κ3) is 3.15. The molecule has 1 atom stereocenters. The van der Waals surface area contributed by atoms with Crippen molar-refractivity contribution in [2.75, 3.05) is 6.26 Å². The van der Waals surface area contributed by atoms with Crippen molar-refractivity contribution < 1.29 is 5.11 Å². The fourth-order valence-electron chi connectivity index (χ4n) is 2.00. The Morgan fingerprint density at radius 2 is 2.17 bits per heavy atom. The molecule has 1 heterocycles. The molecule has 96 valence electrons. The van der Waals surface area contributed by atoms with Gasteiger partial charge >= 0.3 is 0 Å². The van der Waals surface area contributed by atoms with E-state index in [4.69, 9.17) is 0 Å². The number of nitrogens with zero attached hydrogens (tertiary/aromatic N) is 2. The van der Waals surface area contributed by atoms with Gasteiger partial charge in [0.2, 0.25) is 0 Å². The van der Waals surface area contributed by atoms with Crippen LogP contribution in [0.25, 0.3) is 0 Å². The summed E-state index contributed by atoms with van der Waals surface area (Å²) in [5.74, 6) is 0. The van der Waals surface area contributed by atoms with Crippen LogP contribution in [0.2, 0.25) is 0 Å². The van der Waals surface area contributed by atoms with Crippen molar-refractivity contribution in [1.82, 2.24) is 9.78 Å². The van der Waals surface area contributed by atoms with Gasteiger partial charge < -0.3 is 5.11 Å². The summed E-state index contributed by atoms with van der Waals surface area (Å²) in [6.45, 7) is 0.